The average Bonchev–Trinajstić information content (AvgIpc) is 2.82. The van der Waals surface area contributed by atoms with Crippen molar-refractivity contribution in [3.63, 3.8) is 0 Å². The number of benzene rings is 1. The van der Waals surface area contributed by atoms with E-state index in [4.69, 9.17) is 27.9 Å². The van der Waals surface area contributed by atoms with Gasteiger partial charge in [-0.05, 0) is 37.9 Å². The van der Waals surface area contributed by atoms with Gasteiger partial charge in [-0.3, -0.25) is 4.90 Å². The minimum atomic E-state index is -0.228. The first-order valence-electron chi connectivity index (χ1n) is 6.54. The van der Waals surface area contributed by atoms with Crippen molar-refractivity contribution < 1.29 is 9.84 Å². The highest BCUT2D eigenvalue weighted by Crippen LogP contribution is 2.27. The molecule has 0 amide bonds. The van der Waals surface area contributed by atoms with Crippen molar-refractivity contribution in [3.05, 3.63) is 28.2 Å². The zero-order chi connectivity index (χ0) is 13.8. The molecule has 0 aliphatic carbocycles. The molecule has 106 valence electrons. The Bertz CT molecular complexity index is 426. The SMILES string of the molecule is CC(O)C1CCN(CCOc2cc(Cl)ccc2Cl)C1. The molecule has 1 aliphatic heterocycles. The normalized spacial score (nSPS) is 21.6. The number of hydrogen-bond donors (Lipinski definition) is 1. The van der Waals surface area contributed by atoms with E-state index >= 15 is 0 Å². The van der Waals surface area contributed by atoms with E-state index < -0.39 is 0 Å². The smallest absolute Gasteiger partial charge is 0.139 e. The predicted molar refractivity (Wildman–Crippen MR) is 78.2 cm³/mol. The zero-order valence-electron chi connectivity index (χ0n) is 11.0. The number of nitrogens with zero attached hydrogens (tertiary/aromatic N) is 1. The van der Waals surface area contributed by atoms with Crippen LogP contribution >= 0.6 is 23.2 Å². The van der Waals surface area contributed by atoms with Gasteiger partial charge in [0.05, 0.1) is 11.1 Å². The van der Waals surface area contributed by atoms with Crippen LogP contribution in [0, 0.1) is 5.92 Å². The fraction of sp³-hybridized carbons (Fsp3) is 0.571. The van der Waals surface area contributed by atoms with Crippen molar-refractivity contribution in [3.8, 4) is 5.75 Å². The van der Waals surface area contributed by atoms with E-state index in [2.05, 4.69) is 4.90 Å². The molecular formula is C14H19Cl2NO2. The van der Waals surface area contributed by atoms with Crippen LogP contribution in [0.25, 0.3) is 0 Å². The standard InChI is InChI=1S/C14H19Cl2NO2/c1-10(18)11-4-5-17(9-11)6-7-19-14-8-12(15)2-3-13(14)16/h2-3,8,10-11,18H,4-7,9H2,1H3. The van der Waals surface area contributed by atoms with E-state index in [1.165, 1.54) is 0 Å². The van der Waals surface area contributed by atoms with Crippen LogP contribution < -0.4 is 4.74 Å². The maximum absolute atomic E-state index is 9.55. The van der Waals surface area contributed by atoms with Gasteiger partial charge in [0.1, 0.15) is 12.4 Å². The third-order valence-corrected chi connectivity index (χ3v) is 4.10. The number of ether oxygens (including phenoxy) is 1. The molecule has 2 atom stereocenters. The molecule has 2 rings (SSSR count). The molecule has 0 spiro atoms. The molecule has 0 bridgehead atoms. The highest BCUT2D eigenvalue weighted by atomic mass is 35.5. The van der Waals surface area contributed by atoms with Gasteiger partial charge in [-0.1, -0.05) is 23.2 Å². The molecule has 1 aliphatic rings. The van der Waals surface area contributed by atoms with E-state index in [1.54, 1.807) is 18.2 Å². The van der Waals surface area contributed by atoms with Crippen molar-refractivity contribution in [1.29, 1.82) is 0 Å². The highest BCUT2D eigenvalue weighted by Gasteiger charge is 2.25. The molecule has 1 N–H and O–H groups in total. The van der Waals surface area contributed by atoms with Crippen LogP contribution in [0.5, 0.6) is 5.75 Å². The molecule has 0 radical (unpaired) electrons. The minimum Gasteiger partial charge on any atom is -0.491 e. The minimum absolute atomic E-state index is 0.228. The third kappa shape index (κ3) is 4.25. The van der Waals surface area contributed by atoms with Gasteiger partial charge in [0.25, 0.3) is 0 Å². The number of aliphatic hydroxyl groups excluding tert-OH is 1. The number of aliphatic hydroxyl groups is 1. The average molecular weight is 304 g/mol. The van der Waals surface area contributed by atoms with E-state index in [0.717, 1.165) is 26.1 Å². The Morgan fingerprint density at radius 1 is 1.47 bits per heavy atom. The summed E-state index contributed by atoms with van der Waals surface area (Å²) in [4.78, 5) is 2.30. The summed E-state index contributed by atoms with van der Waals surface area (Å²) >= 11 is 11.9. The van der Waals surface area contributed by atoms with Crippen LogP contribution in [0.15, 0.2) is 18.2 Å². The van der Waals surface area contributed by atoms with E-state index in [9.17, 15) is 5.11 Å². The van der Waals surface area contributed by atoms with E-state index in [1.807, 2.05) is 6.92 Å². The molecule has 1 fully saturated rings. The van der Waals surface area contributed by atoms with Crippen LogP contribution in [-0.2, 0) is 0 Å². The monoisotopic (exact) mass is 303 g/mol. The molecule has 2 unspecified atom stereocenters. The lowest BCUT2D eigenvalue weighted by atomic mass is 10.0. The first-order valence-corrected chi connectivity index (χ1v) is 7.30. The molecule has 0 aromatic heterocycles. The predicted octanol–water partition coefficient (Wildman–Crippen LogP) is 3.07. The maximum atomic E-state index is 9.55. The summed E-state index contributed by atoms with van der Waals surface area (Å²) in [6, 6.07) is 5.20. The second kappa shape index (κ2) is 6.80. The zero-order valence-corrected chi connectivity index (χ0v) is 12.5. The quantitative estimate of drug-likeness (QED) is 0.907. The Morgan fingerprint density at radius 3 is 2.95 bits per heavy atom. The summed E-state index contributed by atoms with van der Waals surface area (Å²) in [5.41, 5.74) is 0. The first-order chi connectivity index (χ1) is 9.06. The molecule has 1 aromatic carbocycles. The summed E-state index contributed by atoms with van der Waals surface area (Å²) in [6.07, 6.45) is 0.823. The number of rotatable bonds is 5. The van der Waals surface area contributed by atoms with Crippen molar-refractivity contribution in [2.45, 2.75) is 19.4 Å². The fourth-order valence-corrected chi connectivity index (χ4v) is 2.67. The van der Waals surface area contributed by atoms with Crippen molar-refractivity contribution >= 4 is 23.2 Å². The maximum Gasteiger partial charge on any atom is 0.139 e. The lowest BCUT2D eigenvalue weighted by Crippen LogP contribution is -2.28. The molecule has 1 aromatic rings. The van der Waals surface area contributed by atoms with Gasteiger partial charge < -0.3 is 9.84 Å². The topological polar surface area (TPSA) is 32.7 Å². The van der Waals surface area contributed by atoms with E-state index in [-0.39, 0.29) is 6.10 Å². The summed E-state index contributed by atoms with van der Waals surface area (Å²) in [5.74, 6) is 1.01. The van der Waals surface area contributed by atoms with Crippen LogP contribution in [-0.4, -0.2) is 42.4 Å². The lowest BCUT2D eigenvalue weighted by molar-refractivity contribution is 0.125. The molecule has 3 nitrogen and oxygen atoms in total. The van der Waals surface area contributed by atoms with Crippen LogP contribution in [0.2, 0.25) is 10.0 Å². The van der Waals surface area contributed by atoms with Crippen LogP contribution in [0.1, 0.15) is 13.3 Å². The highest BCUT2D eigenvalue weighted by molar-refractivity contribution is 6.34. The van der Waals surface area contributed by atoms with Gasteiger partial charge in [0, 0.05) is 24.2 Å². The Labute approximate surface area is 124 Å². The molecule has 0 saturated carbocycles. The second-order valence-electron chi connectivity index (χ2n) is 5.01. The second-order valence-corrected chi connectivity index (χ2v) is 5.86. The van der Waals surface area contributed by atoms with Crippen molar-refractivity contribution in [2.24, 2.45) is 5.92 Å². The third-order valence-electron chi connectivity index (χ3n) is 3.55. The van der Waals surface area contributed by atoms with Crippen molar-refractivity contribution in [1.82, 2.24) is 4.90 Å². The largest absolute Gasteiger partial charge is 0.491 e. The lowest BCUT2D eigenvalue weighted by Gasteiger charge is -2.17. The van der Waals surface area contributed by atoms with Gasteiger partial charge in [-0.15, -0.1) is 0 Å². The van der Waals surface area contributed by atoms with Crippen LogP contribution in [0.3, 0.4) is 0 Å². The molecule has 19 heavy (non-hydrogen) atoms. The number of likely N-dealkylation sites (tertiary alicyclic amines) is 1. The van der Waals surface area contributed by atoms with E-state index in [0.29, 0.717) is 28.3 Å². The summed E-state index contributed by atoms with van der Waals surface area (Å²) < 4.78 is 5.65. The van der Waals surface area contributed by atoms with Gasteiger partial charge in [0.15, 0.2) is 0 Å². The Kier molecular flexibility index (Phi) is 5.34. The molecule has 1 heterocycles. The van der Waals surface area contributed by atoms with Gasteiger partial charge in [0.2, 0.25) is 0 Å². The number of halogens is 2. The molecular weight excluding hydrogens is 285 g/mol. The number of hydrogen-bond acceptors (Lipinski definition) is 3. The van der Waals surface area contributed by atoms with Crippen LogP contribution in [0.4, 0.5) is 0 Å². The fourth-order valence-electron chi connectivity index (χ4n) is 2.33. The summed E-state index contributed by atoms with van der Waals surface area (Å²) in [7, 11) is 0. The molecule has 1 saturated heterocycles. The van der Waals surface area contributed by atoms with Gasteiger partial charge in [-0.25, -0.2) is 0 Å². The van der Waals surface area contributed by atoms with Gasteiger partial charge in [-0.2, -0.15) is 0 Å². The summed E-state index contributed by atoms with van der Waals surface area (Å²) in [6.45, 7) is 5.22. The molecule has 5 heteroatoms. The Morgan fingerprint density at radius 2 is 2.26 bits per heavy atom. The van der Waals surface area contributed by atoms with Gasteiger partial charge >= 0.3 is 0 Å². The first kappa shape index (κ1) is 14.9. The Balaban J connectivity index is 1.77. The summed E-state index contributed by atoms with van der Waals surface area (Å²) in [5, 5.41) is 10.7. The van der Waals surface area contributed by atoms with Crippen molar-refractivity contribution in [2.75, 3.05) is 26.2 Å². The Hall–Kier alpha value is -0.480.